The third-order valence-corrected chi connectivity index (χ3v) is 5.01. The van der Waals surface area contributed by atoms with Gasteiger partial charge in [0.2, 0.25) is 5.95 Å². The van der Waals surface area contributed by atoms with E-state index >= 15 is 0 Å². The Bertz CT molecular complexity index is 1220. The number of carbonyl (C=O) groups is 1. The number of carboxylic acids is 1. The number of aromatic nitrogens is 3. The second-order valence-corrected chi connectivity index (χ2v) is 7.40. The van der Waals surface area contributed by atoms with Crippen molar-refractivity contribution in [2.75, 3.05) is 5.32 Å². The highest BCUT2D eigenvalue weighted by molar-refractivity contribution is 9.10. The number of pyridine rings is 1. The summed E-state index contributed by atoms with van der Waals surface area (Å²) >= 11 is 3.43. The molecule has 7 nitrogen and oxygen atoms in total. The molecule has 8 heteroatoms. The third kappa shape index (κ3) is 3.93. The van der Waals surface area contributed by atoms with Crippen molar-refractivity contribution in [1.29, 1.82) is 0 Å². The number of hydrogen-bond donors (Lipinski definition) is 2. The Morgan fingerprint density at radius 3 is 2.62 bits per heavy atom. The van der Waals surface area contributed by atoms with E-state index in [0.29, 0.717) is 23.1 Å². The second kappa shape index (κ2) is 7.56. The Hall–Kier alpha value is -3.39. The smallest absolute Gasteiger partial charge is 0.337 e. The molecule has 2 heterocycles. The van der Waals surface area contributed by atoms with Crippen molar-refractivity contribution in [3.63, 3.8) is 0 Å². The SMILES string of the molecule is Cc1ncc(Oc2ccc3c(c2)nc(Nc2ccc(Br)cc2)n3C)cc1C(=O)O. The maximum Gasteiger partial charge on any atom is 0.337 e. The van der Waals surface area contributed by atoms with Crippen LogP contribution in [-0.2, 0) is 7.05 Å². The summed E-state index contributed by atoms with van der Waals surface area (Å²) in [5, 5.41) is 12.5. The van der Waals surface area contributed by atoms with Crippen LogP contribution in [0.3, 0.4) is 0 Å². The van der Waals surface area contributed by atoms with E-state index in [4.69, 9.17) is 4.74 Å². The molecule has 0 radical (unpaired) electrons. The lowest BCUT2D eigenvalue weighted by atomic mass is 10.2. The van der Waals surface area contributed by atoms with E-state index in [0.717, 1.165) is 21.2 Å². The first-order valence-electron chi connectivity index (χ1n) is 8.77. The Morgan fingerprint density at radius 1 is 1.14 bits per heavy atom. The molecule has 146 valence electrons. The van der Waals surface area contributed by atoms with Crippen molar-refractivity contribution in [2.45, 2.75) is 6.92 Å². The zero-order valence-electron chi connectivity index (χ0n) is 15.7. The fraction of sp³-hybridized carbons (Fsp3) is 0.0952. The van der Waals surface area contributed by atoms with Gasteiger partial charge in [-0.15, -0.1) is 0 Å². The van der Waals surface area contributed by atoms with Crippen LogP contribution in [0.1, 0.15) is 16.1 Å². The second-order valence-electron chi connectivity index (χ2n) is 6.49. The van der Waals surface area contributed by atoms with Crippen LogP contribution in [0.2, 0.25) is 0 Å². The van der Waals surface area contributed by atoms with Crippen LogP contribution in [0.15, 0.2) is 59.2 Å². The molecule has 0 aliphatic heterocycles. The van der Waals surface area contributed by atoms with Crippen molar-refractivity contribution in [3.8, 4) is 11.5 Å². The lowest BCUT2D eigenvalue weighted by molar-refractivity contribution is 0.0695. The van der Waals surface area contributed by atoms with Crippen molar-refractivity contribution >= 4 is 44.6 Å². The molecule has 0 fully saturated rings. The number of ether oxygens (including phenoxy) is 1. The van der Waals surface area contributed by atoms with Crippen LogP contribution >= 0.6 is 15.9 Å². The monoisotopic (exact) mass is 452 g/mol. The number of imidazole rings is 1. The maximum absolute atomic E-state index is 11.3. The zero-order chi connectivity index (χ0) is 20.5. The molecule has 0 bridgehead atoms. The summed E-state index contributed by atoms with van der Waals surface area (Å²) in [5.74, 6) is 0.568. The molecule has 4 rings (SSSR count). The number of aryl methyl sites for hydroxylation is 2. The first kappa shape index (κ1) is 18.9. The molecule has 0 atom stereocenters. The number of hydrogen-bond acceptors (Lipinski definition) is 5. The summed E-state index contributed by atoms with van der Waals surface area (Å²) in [6, 6.07) is 14.8. The van der Waals surface area contributed by atoms with Gasteiger partial charge in [0.25, 0.3) is 0 Å². The van der Waals surface area contributed by atoms with E-state index in [1.54, 1.807) is 6.92 Å². The van der Waals surface area contributed by atoms with Crippen molar-refractivity contribution in [2.24, 2.45) is 7.05 Å². The molecule has 0 unspecified atom stereocenters. The highest BCUT2D eigenvalue weighted by atomic mass is 79.9. The largest absolute Gasteiger partial charge is 0.478 e. The molecular weight excluding hydrogens is 436 g/mol. The van der Waals surface area contributed by atoms with E-state index < -0.39 is 5.97 Å². The number of carboxylic acid groups (broad SMARTS) is 1. The summed E-state index contributed by atoms with van der Waals surface area (Å²) in [6.45, 7) is 1.65. The Kier molecular flexibility index (Phi) is 4.94. The first-order valence-corrected chi connectivity index (χ1v) is 9.57. The van der Waals surface area contributed by atoms with E-state index in [1.165, 1.54) is 12.3 Å². The number of aromatic carboxylic acids is 1. The molecule has 0 saturated carbocycles. The average molecular weight is 453 g/mol. The normalized spacial score (nSPS) is 10.9. The quantitative estimate of drug-likeness (QED) is 0.428. The molecule has 0 saturated heterocycles. The predicted octanol–water partition coefficient (Wildman–Crippen LogP) is 5.27. The maximum atomic E-state index is 11.3. The number of benzene rings is 2. The van der Waals surface area contributed by atoms with Gasteiger partial charge in [-0.2, -0.15) is 0 Å². The molecule has 0 aliphatic carbocycles. The fourth-order valence-corrected chi connectivity index (χ4v) is 3.20. The van der Waals surface area contributed by atoms with Gasteiger partial charge in [0.05, 0.1) is 28.5 Å². The Morgan fingerprint density at radius 2 is 1.90 bits per heavy atom. The minimum Gasteiger partial charge on any atom is -0.478 e. The third-order valence-electron chi connectivity index (χ3n) is 4.48. The average Bonchev–Trinajstić information content (AvgIpc) is 3.00. The number of fused-ring (bicyclic) bond motifs is 1. The fourth-order valence-electron chi connectivity index (χ4n) is 2.94. The van der Waals surface area contributed by atoms with Crippen LogP contribution in [0.4, 0.5) is 11.6 Å². The number of nitrogens with one attached hydrogen (secondary N) is 1. The molecular formula is C21H17BrN4O3. The molecule has 2 aromatic heterocycles. The molecule has 2 N–H and O–H groups in total. The number of anilines is 2. The number of halogens is 1. The topological polar surface area (TPSA) is 89.3 Å². The number of rotatable bonds is 5. The summed E-state index contributed by atoms with van der Waals surface area (Å²) in [7, 11) is 1.93. The van der Waals surface area contributed by atoms with Gasteiger partial charge in [0.1, 0.15) is 11.5 Å². The van der Waals surface area contributed by atoms with Crippen LogP contribution in [0.5, 0.6) is 11.5 Å². The van der Waals surface area contributed by atoms with E-state index in [9.17, 15) is 9.90 Å². The summed E-state index contributed by atoms with van der Waals surface area (Å²) in [6.07, 6.45) is 1.50. The van der Waals surface area contributed by atoms with E-state index in [2.05, 4.69) is 31.2 Å². The number of nitrogens with zero attached hydrogens (tertiary/aromatic N) is 3. The van der Waals surface area contributed by atoms with Crippen LogP contribution < -0.4 is 10.1 Å². The molecule has 0 amide bonds. The lowest BCUT2D eigenvalue weighted by Crippen LogP contribution is -2.02. The van der Waals surface area contributed by atoms with Crippen LogP contribution in [0, 0.1) is 6.92 Å². The minimum absolute atomic E-state index is 0.113. The first-order chi connectivity index (χ1) is 13.9. The van der Waals surface area contributed by atoms with Crippen LogP contribution in [-0.4, -0.2) is 25.6 Å². The molecule has 29 heavy (non-hydrogen) atoms. The summed E-state index contributed by atoms with van der Waals surface area (Å²) in [4.78, 5) is 20.0. The Labute approximate surface area is 175 Å². The molecule has 0 spiro atoms. The van der Waals surface area contributed by atoms with Gasteiger partial charge in [0.15, 0.2) is 0 Å². The van der Waals surface area contributed by atoms with Gasteiger partial charge >= 0.3 is 5.97 Å². The van der Waals surface area contributed by atoms with Gasteiger partial charge in [-0.05, 0) is 49.4 Å². The zero-order valence-corrected chi connectivity index (χ0v) is 17.3. The molecule has 2 aromatic carbocycles. The van der Waals surface area contributed by atoms with Crippen LogP contribution in [0.25, 0.3) is 11.0 Å². The molecule has 4 aromatic rings. The van der Waals surface area contributed by atoms with Crippen molar-refractivity contribution in [1.82, 2.24) is 14.5 Å². The highest BCUT2D eigenvalue weighted by Gasteiger charge is 2.12. The van der Waals surface area contributed by atoms with Gasteiger partial charge < -0.3 is 19.7 Å². The van der Waals surface area contributed by atoms with Crippen molar-refractivity contribution < 1.29 is 14.6 Å². The Balaban J connectivity index is 1.62. The molecule has 0 aliphatic rings. The summed E-state index contributed by atoms with van der Waals surface area (Å²) < 4.78 is 8.77. The van der Waals surface area contributed by atoms with E-state index in [1.807, 2.05) is 54.1 Å². The van der Waals surface area contributed by atoms with Gasteiger partial charge in [-0.1, -0.05) is 15.9 Å². The van der Waals surface area contributed by atoms with Crippen molar-refractivity contribution in [3.05, 3.63) is 70.5 Å². The summed E-state index contributed by atoms with van der Waals surface area (Å²) in [5.41, 5.74) is 3.17. The lowest BCUT2D eigenvalue weighted by Gasteiger charge is -2.08. The van der Waals surface area contributed by atoms with Gasteiger partial charge in [0, 0.05) is 23.3 Å². The standard InChI is InChI=1S/C21H17BrN4O3/c1-12-17(20(27)28)9-16(11-23-12)29-15-7-8-19-18(10-15)25-21(26(19)2)24-14-5-3-13(22)4-6-14/h3-11H,1-2H3,(H,24,25)(H,27,28). The van der Waals surface area contributed by atoms with E-state index in [-0.39, 0.29) is 5.56 Å². The predicted molar refractivity (Wildman–Crippen MR) is 114 cm³/mol. The highest BCUT2D eigenvalue weighted by Crippen LogP contribution is 2.28. The minimum atomic E-state index is -1.04. The van der Waals surface area contributed by atoms with Gasteiger partial charge in [-0.3, -0.25) is 4.98 Å². The van der Waals surface area contributed by atoms with Gasteiger partial charge in [-0.25, -0.2) is 9.78 Å².